The van der Waals surface area contributed by atoms with E-state index in [2.05, 4.69) is 16.8 Å². The van der Waals surface area contributed by atoms with Crippen molar-refractivity contribution >= 4 is 46.1 Å². The van der Waals surface area contributed by atoms with Gasteiger partial charge in [0.05, 0.1) is 16.7 Å². The molecule has 1 aromatic heterocycles. The number of likely N-dealkylation sites (N-methyl/N-ethyl adjacent to an activating group) is 1. The number of benzene rings is 1. The lowest BCUT2D eigenvalue weighted by Crippen LogP contribution is -2.44. The van der Waals surface area contributed by atoms with Crippen LogP contribution in [-0.2, 0) is 16.1 Å². The van der Waals surface area contributed by atoms with E-state index in [1.165, 1.54) is 6.26 Å². The summed E-state index contributed by atoms with van der Waals surface area (Å²) in [6, 6.07) is 3.19. The highest BCUT2D eigenvalue weighted by atomic mass is 35.5. The first-order chi connectivity index (χ1) is 12.7. The van der Waals surface area contributed by atoms with E-state index in [0.29, 0.717) is 33.1 Å². The van der Waals surface area contributed by atoms with E-state index in [1.807, 2.05) is 0 Å². The maximum absolute atomic E-state index is 12.6. The lowest BCUT2D eigenvalue weighted by Gasteiger charge is -2.32. The second kappa shape index (κ2) is 9.18. The average molecular weight is 417 g/mol. The van der Waals surface area contributed by atoms with E-state index in [4.69, 9.17) is 47.4 Å². The summed E-state index contributed by atoms with van der Waals surface area (Å²) in [6.07, 6.45) is 1.52. The summed E-state index contributed by atoms with van der Waals surface area (Å²) in [4.78, 5) is 35.3. The zero-order valence-electron chi connectivity index (χ0n) is 14.4. The predicted octanol–water partition coefficient (Wildman–Crippen LogP) is 2.00. The molecule has 0 aliphatic carbocycles. The normalized spacial score (nSPS) is 15.2. The Morgan fingerprint density at radius 2 is 1.70 bits per heavy atom. The number of carboxylic acid groups (broad SMARTS) is 2. The first kappa shape index (κ1) is 21.2. The van der Waals surface area contributed by atoms with Crippen LogP contribution < -0.4 is 5.43 Å². The molecule has 8 nitrogen and oxygen atoms in total. The second-order valence-corrected chi connectivity index (χ2v) is 6.89. The highest BCUT2D eigenvalue weighted by Crippen LogP contribution is 2.26. The molecule has 0 bridgehead atoms. The number of halogens is 2. The number of aliphatic carboxylic acids is 2. The van der Waals surface area contributed by atoms with Crippen molar-refractivity contribution in [2.75, 3.05) is 33.2 Å². The Labute approximate surface area is 164 Å². The number of fused-ring (bicyclic) bond motifs is 1. The molecule has 0 radical (unpaired) electrons. The summed E-state index contributed by atoms with van der Waals surface area (Å²) in [5.74, 6) is -3.65. The Morgan fingerprint density at radius 3 is 2.26 bits per heavy atom. The van der Waals surface area contributed by atoms with Crippen molar-refractivity contribution in [1.82, 2.24) is 9.80 Å². The molecule has 1 aliphatic rings. The molecule has 3 rings (SSSR count). The van der Waals surface area contributed by atoms with Crippen molar-refractivity contribution in [3.63, 3.8) is 0 Å². The van der Waals surface area contributed by atoms with Crippen LogP contribution in [0.3, 0.4) is 0 Å². The molecule has 1 saturated heterocycles. The molecule has 1 aliphatic heterocycles. The molecule has 0 atom stereocenters. The number of nitrogens with zero attached hydrogens (tertiary/aromatic N) is 2. The van der Waals surface area contributed by atoms with E-state index in [1.54, 1.807) is 12.1 Å². The van der Waals surface area contributed by atoms with Crippen molar-refractivity contribution < 1.29 is 24.2 Å². The van der Waals surface area contributed by atoms with Crippen molar-refractivity contribution in [3.05, 3.63) is 44.2 Å². The van der Waals surface area contributed by atoms with Gasteiger partial charge >= 0.3 is 11.9 Å². The van der Waals surface area contributed by atoms with Gasteiger partial charge in [-0.3, -0.25) is 9.69 Å². The van der Waals surface area contributed by atoms with Crippen LogP contribution in [0.4, 0.5) is 0 Å². The highest BCUT2D eigenvalue weighted by molar-refractivity contribution is 6.38. The Balaban J connectivity index is 0.000000380. The highest BCUT2D eigenvalue weighted by Gasteiger charge is 2.17. The van der Waals surface area contributed by atoms with Crippen LogP contribution in [0.15, 0.2) is 27.6 Å². The third-order valence-corrected chi connectivity index (χ3v) is 4.54. The summed E-state index contributed by atoms with van der Waals surface area (Å²) in [7, 11) is 2.10. The number of rotatable bonds is 2. The van der Waals surface area contributed by atoms with Crippen LogP contribution in [-0.4, -0.2) is 65.2 Å². The first-order valence-electron chi connectivity index (χ1n) is 7.95. The molecule has 0 unspecified atom stereocenters. The maximum Gasteiger partial charge on any atom is 0.414 e. The van der Waals surface area contributed by atoms with Gasteiger partial charge < -0.3 is 19.5 Å². The van der Waals surface area contributed by atoms with Gasteiger partial charge in [-0.2, -0.15) is 0 Å². The standard InChI is InChI=1S/C15H16Cl2N2O2.C2H2O4/c1-18-2-4-19(5-3-18)8-10-9-21-15-12(14(10)20)6-11(16)7-13(15)17;3-1(4)2(5)6/h6-7,9H,2-5,8H2,1H3;(H,3,4)(H,5,6). The van der Waals surface area contributed by atoms with Gasteiger partial charge in [-0.15, -0.1) is 0 Å². The second-order valence-electron chi connectivity index (χ2n) is 6.04. The average Bonchev–Trinajstić information content (AvgIpc) is 2.60. The first-order valence-corrected chi connectivity index (χ1v) is 8.71. The molecule has 10 heteroatoms. The lowest BCUT2D eigenvalue weighted by molar-refractivity contribution is -0.159. The molecule has 2 aromatic rings. The number of carbonyl (C=O) groups is 2. The van der Waals surface area contributed by atoms with Gasteiger partial charge in [0, 0.05) is 43.3 Å². The maximum atomic E-state index is 12.6. The van der Waals surface area contributed by atoms with Crippen molar-refractivity contribution in [1.29, 1.82) is 0 Å². The SMILES string of the molecule is CN1CCN(Cc2coc3c(Cl)cc(Cl)cc3c2=O)CC1.O=C(O)C(=O)O. The zero-order chi connectivity index (χ0) is 20.1. The Morgan fingerprint density at radius 1 is 1.11 bits per heavy atom. The van der Waals surface area contributed by atoms with E-state index in [-0.39, 0.29) is 5.43 Å². The smallest absolute Gasteiger partial charge is 0.414 e. The fraction of sp³-hybridized carbons (Fsp3) is 0.353. The monoisotopic (exact) mass is 416 g/mol. The lowest BCUT2D eigenvalue weighted by atomic mass is 10.1. The summed E-state index contributed by atoms with van der Waals surface area (Å²) >= 11 is 12.0. The van der Waals surface area contributed by atoms with Gasteiger partial charge in [-0.05, 0) is 19.2 Å². The minimum absolute atomic E-state index is 0.0559. The largest absolute Gasteiger partial charge is 0.473 e. The van der Waals surface area contributed by atoms with Gasteiger partial charge in [0.1, 0.15) is 0 Å². The third kappa shape index (κ3) is 5.67. The minimum atomic E-state index is -1.82. The van der Waals surface area contributed by atoms with E-state index >= 15 is 0 Å². The molecule has 2 heterocycles. The number of carboxylic acids is 2. The molecule has 27 heavy (non-hydrogen) atoms. The molecule has 1 fully saturated rings. The van der Waals surface area contributed by atoms with Crippen molar-refractivity contribution in [2.45, 2.75) is 6.54 Å². The van der Waals surface area contributed by atoms with Crippen LogP contribution in [0.1, 0.15) is 5.56 Å². The van der Waals surface area contributed by atoms with Crippen LogP contribution >= 0.6 is 23.2 Å². The third-order valence-electron chi connectivity index (χ3n) is 4.04. The Hall–Kier alpha value is -2.13. The van der Waals surface area contributed by atoms with Crippen LogP contribution in [0.2, 0.25) is 10.0 Å². The molecule has 1 aromatic carbocycles. The quantitative estimate of drug-likeness (QED) is 0.714. The van der Waals surface area contributed by atoms with Crippen molar-refractivity contribution in [2.24, 2.45) is 0 Å². The fourth-order valence-corrected chi connectivity index (χ4v) is 3.10. The van der Waals surface area contributed by atoms with E-state index < -0.39 is 11.9 Å². The number of hydrogen-bond acceptors (Lipinski definition) is 6. The van der Waals surface area contributed by atoms with Gasteiger partial charge in [0.15, 0.2) is 11.0 Å². The predicted molar refractivity (Wildman–Crippen MR) is 101 cm³/mol. The van der Waals surface area contributed by atoms with Crippen LogP contribution in [0.25, 0.3) is 11.0 Å². The van der Waals surface area contributed by atoms with Gasteiger partial charge in [-0.1, -0.05) is 23.2 Å². The molecule has 0 saturated carbocycles. The van der Waals surface area contributed by atoms with Gasteiger partial charge in [0.2, 0.25) is 0 Å². The van der Waals surface area contributed by atoms with Crippen LogP contribution in [0.5, 0.6) is 0 Å². The molecule has 146 valence electrons. The molecular weight excluding hydrogens is 399 g/mol. The molecule has 0 amide bonds. The summed E-state index contributed by atoms with van der Waals surface area (Å²) < 4.78 is 5.54. The van der Waals surface area contributed by atoms with E-state index in [0.717, 1.165) is 26.2 Å². The Bertz CT molecular complexity index is 894. The number of piperazine rings is 1. The van der Waals surface area contributed by atoms with Gasteiger partial charge in [-0.25, -0.2) is 9.59 Å². The fourth-order valence-electron chi connectivity index (χ4n) is 2.56. The summed E-state index contributed by atoms with van der Waals surface area (Å²) in [5, 5.41) is 16.0. The van der Waals surface area contributed by atoms with Crippen LogP contribution in [0, 0.1) is 0 Å². The zero-order valence-corrected chi connectivity index (χ0v) is 16.0. The topological polar surface area (TPSA) is 111 Å². The Kier molecular flexibility index (Phi) is 7.20. The van der Waals surface area contributed by atoms with Crippen molar-refractivity contribution in [3.8, 4) is 0 Å². The summed E-state index contributed by atoms with van der Waals surface area (Å²) in [6.45, 7) is 4.51. The van der Waals surface area contributed by atoms with Gasteiger partial charge in [0.25, 0.3) is 0 Å². The number of hydrogen-bond donors (Lipinski definition) is 2. The summed E-state index contributed by atoms with van der Waals surface area (Å²) in [5.41, 5.74) is 0.984. The minimum Gasteiger partial charge on any atom is -0.473 e. The molecule has 2 N–H and O–H groups in total. The van der Waals surface area contributed by atoms with E-state index in [9.17, 15) is 4.79 Å². The molecular formula is C17H18Cl2N2O6. The molecule has 0 spiro atoms.